The second kappa shape index (κ2) is 6.66. The normalized spacial score (nSPS) is 11.0. The van der Waals surface area contributed by atoms with Gasteiger partial charge in [0.25, 0.3) is 0 Å². The number of hydrogen-bond acceptors (Lipinski definition) is 4. The zero-order valence-corrected chi connectivity index (χ0v) is 13.2. The molecule has 1 N–H and O–H groups in total. The molecule has 0 amide bonds. The first-order valence-corrected chi connectivity index (χ1v) is 7.53. The number of H-pyrrole nitrogens is 1. The Morgan fingerprint density at radius 1 is 1.30 bits per heavy atom. The van der Waals surface area contributed by atoms with Gasteiger partial charge < -0.3 is 14.5 Å². The van der Waals surface area contributed by atoms with Crippen LogP contribution in [0.1, 0.15) is 17.4 Å². The molecule has 0 radical (unpaired) electrons. The number of methoxy groups -OCH3 is 1. The fourth-order valence-corrected chi connectivity index (χ4v) is 2.45. The zero-order chi connectivity index (χ0) is 16.2. The van der Waals surface area contributed by atoms with Crippen molar-refractivity contribution in [2.75, 3.05) is 20.3 Å². The lowest BCUT2D eigenvalue weighted by atomic mass is 10.1. The third-order valence-electron chi connectivity index (χ3n) is 3.61. The van der Waals surface area contributed by atoms with Gasteiger partial charge in [-0.1, -0.05) is 6.07 Å². The van der Waals surface area contributed by atoms with Gasteiger partial charge in [-0.2, -0.15) is 5.10 Å². The molecule has 0 bridgehead atoms. The predicted molar refractivity (Wildman–Crippen MR) is 87.4 cm³/mol. The van der Waals surface area contributed by atoms with Crippen molar-refractivity contribution in [1.29, 1.82) is 0 Å². The molecule has 23 heavy (non-hydrogen) atoms. The highest BCUT2D eigenvalue weighted by Crippen LogP contribution is 2.25. The fourth-order valence-electron chi connectivity index (χ4n) is 2.45. The first-order chi connectivity index (χ1) is 11.2. The summed E-state index contributed by atoms with van der Waals surface area (Å²) in [4.78, 5) is 14.9. The van der Waals surface area contributed by atoms with E-state index in [0.29, 0.717) is 18.9 Å². The standard InChI is InChI=1S/C17H19N3O3/c1-3-23-17(21)16-9-13-8-12(4-5-15(13)19-16)14-10-18-20(11-14)6-7-22-2/h4-5,8-11,19H,3,6-7H2,1-2H3. The van der Waals surface area contributed by atoms with Crippen LogP contribution in [0.5, 0.6) is 0 Å². The lowest BCUT2D eigenvalue weighted by Gasteiger charge is -1.99. The van der Waals surface area contributed by atoms with Gasteiger partial charge in [0.1, 0.15) is 5.69 Å². The maximum atomic E-state index is 11.8. The molecule has 0 spiro atoms. The van der Waals surface area contributed by atoms with Gasteiger partial charge in [-0.25, -0.2) is 4.79 Å². The molecule has 6 nitrogen and oxygen atoms in total. The smallest absolute Gasteiger partial charge is 0.354 e. The second-order valence-corrected chi connectivity index (χ2v) is 5.19. The first kappa shape index (κ1) is 15.3. The van der Waals surface area contributed by atoms with Crippen molar-refractivity contribution in [3.05, 3.63) is 42.4 Å². The molecular weight excluding hydrogens is 294 g/mol. The average Bonchev–Trinajstić information content (AvgIpc) is 3.19. The quantitative estimate of drug-likeness (QED) is 0.710. The van der Waals surface area contributed by atoms with E-state index in [9.17, 15) is 4.79 Å². The van der Waals surface area contributed by atoms with Gasteiger partial charge in [0, 0.05) is 29.8 Å². The summed E-state index contributed by atoms with van der Waals surface area (Å²) in [6, 6.07) is 7.81. The highest BCUT2D eigenvalue weighted by Gasteiger charge is 2.11. The van der Waals surface area contributed by atoms with Gasteiger partial charge in [0.15, 0.2) is 0 Å². The van der Waals surface area contributed by atoms with Crippen molar-refractivity contribution in [1.82, 2.24) is 14.8 Å². The molecule has 120 valence electrons. The Morgan fingerprint density at radius 2 is 2.17 bits per heavy atom. The SMILES string of the molecule is CCOC(=O)c1cc2cc(-c3cnn(CCOC)c3)ccc2[nH]1. The van der Waals surface area contributed by atoms with Gasteiger partial charge in [-0.3, -0.25) is 4.68 Å². The van der Waals surface area contributed by atoms with Crippen LogP contribution >= 0.6 is 0 Å². The molecule has 1 aromatic carbocycles. The number of nitrogens with one attached hydrogen (secondary N) is 1. The molecule has 2 heterocycles. The molecule has 0 fully saturated rings. The van der Waals surface area contributed by atoms with E-state index < -0.39 is 0 Å². The summed E-state index contributed by atoms with van der Waals surface area (Å²) < 4.78 is 11.9. The van der Waals surface area contributed by atoms with Gasteiger partial charge in [-0.15, -0.1) is 0 Å². The maximum absolute atomic E-state index is 11.8. The molecule has 2 aromatic heterocycles. The Labute approximate surface area is 134 Å². The van der Waals surface area contributed by atoms with Crippen LogP contribution in [-0.2, 0) is 16.0 Å². The van der Waals surface area contributed by atoms with Gasteiger partial charge in [0.05, 0.1) is 26.0 Å². The third kappa shape index (κ3) is 3.27. The third-order valence-corrected chi connectivity index (χ3v) is 3.61. The summed E-state index contributed by atoms with van der Waals surface area (Å²) in [6.07, 6.45) is 3.81. The number of aromatic nitrogens is 3. The summed E-state index contributed by atoms with van der Waals surface area (Å²) in [5, 5.41) is 5.29. The molecular formula is C17H19N3O3. The number of aromatic amines is 1. The minimum Gasteiger partial charge on any atom is -0.461 e. The van der Waals surface area contributed by atoms with Crippen LogP contribution in [0.2, 0.25) is 0 Å². The van der Waals surface area contributed by atoms with Crippen LogP contribution in [0.4, 0.5) is 0 Å². The van der Waals surface area contributed by atoms with Gasteiger partial charge >= 0.3 is 5.97 Å². The first-order valence-electron chi connectivity index (χ1n) is 7.53. The van der Waals surface area contributed by atoms with Crippen LogP contribution in [-0.4, -0.2) is 41.1 Å². The molecule has 0 aliphatic carbocycles. The Morgan fingerprint density at radius 3 is 2.96 bits per heavy atom. The summed E-state index contributed by atoms with van der Waals surface area (Å²) in [5.74, 6) is -0.336. The minimum atomic E-state index is -0.336. The lowest BCUT2D eigenvalue weighted by molar-refractivity contribution is 0.0520. The Kier molecular flexibility index (Phi) is 4.43. The largest absolute Gasteiger partial charge is 0.461 e. The minimum absolute atomic E-state index is 0.336. The number of fused-ring (bicyclic) bond motifs is 1. The van der Waals surface area contributed by atoms with E-state index in [1.165, 1.54) is 0 Å². The number of esters is 1. The molecule has 0 unspecified atom stereocenters. The van der Waals surface area contributed by atoms with E-state index in [4.69, 9.17) is 9.47 Å². The molecule has 0 aliphatic heterocycles. The fraction of sp³-hybridized carbons (Fsp3) is 0.294. The summed E-state index contributed by atoms with van der Waals surface area (Å²) >= 11 is 0. The van der Waals surface area contributed by atoms with Crippen LogP contribution in [0, 0.1) is 0 Å². The van der Waals surface area contributed by atoms with E-state index >= 15 is 0 Å². The summed E-state index contributed by atoms with van der Waals surface area (Å²) in [7, 11) is 1.67. The van der Waals surface area contributed by atoms with E-state index in [1.54, 1.807) is 14.0 Å². The van der Waals surface area contributed by atoms with Crippen LogP contribution in [0.15, 0.2) is 36.7 Å². The number of rotatable bonds is 6. The summed E-state index contributed by atoms with van der Waals surface area (Å²) in [6.45, 7) is 3.50. The van der Waals surface area contributed by atoms with Crippen LogP contribution < -0.4 is 0 Å². The van der Waals surface area contributed by atoms with E-state index in [0.717, 1.165) is 28.6 Å². The van der Waals surface area contributed by atoms with Crippen LogP contribution in [0.3, 0.4) is 0 Å². The monoisotopic (exact) mass is 313 g/mol. The van der Waals surface area contributed by atoms with E-state index in [-0.39, 0.29) is 5.97 Å². The number of benzene rings is 1. The van der Waals surface area contributed by atoms with Crippen molar-refractivity contribution >= 4 is 16.9 Å². The van der Waals surface area contributed by atoms with Crippen molar-refractivity contribution in [2.45, 2.75) is 13.5 Å². The Balaban J connectivity index is 1.87. The zero-order valence-electron chi connectivity index (χ0n) is 13.2. The van der Waals surface area contributed by atoms with Crippen molar-refractivity contribution in [3.63, 3.8) is 0 Å². The lowest BCUT2D eigenvalue weighted by Crippen LogP contribution is -2.04. The van der Waals surface area contributed by atoms with Crippen molar-refractivity contribution < 1.29 is 14.3 Å². The Hall–Kier alpha value is -2.60. The number of carbonyl (C=O) groups is 1. The topological polar surface area (TPSA) is 69.1 Å². The molecule has 0 aliphatic rings. The Bertz CT molecular complexity index is 819. The number of hydrogen-bond donors (Lipinski definition) is 1. The number of carbonyl (C=O) groups excluding carboxylic acids is 1. The van der Waals surface area contributed by atoms with Crippen molar-refractivity contribution in [3.8, 4) is 11.1 Å². The molecule has 0 atom stereocenters. The van der Waals surface area contributed by atoms with Gasteiger partial charge in [-0.05, 0) is 30.7 Å². The molecule has 0 saturated carbocycles. The van der Waals surface area contributed by atoms with E-state index in [1.807, 2.05) is 41.3 Å². The van der Waals surface area contributed by atoms with Crippen molar-refractivity contribution in [2.24, 2.45) is 0 Å². The highest BCUT2D eigenvalue weighted by molar-refractivity contribution is 5.96. The van der Waals surface area contributed by atoms with Gasteiger partial charge in [0.2, 0.25) is 0 Å². The number of ether oxygens (including phenoxy) is 2. The molecule has 3 aromatic rings. The second-order valence-electron chi connectivity index (χ2n) is 5.19. The average molecular weight is 313 g/mol. The molecule has 3 rings (SSSR count). The maximum Gasteiger partial charge on any atom is 0.354 e. The molecule has 0 saturated heterocycles. The predicted octanol–water partition coefficient (Wildman–Crippen LogP) is 2.85. The van der Waals surface area contributed by atoms with Crippen LogP contribution in [0.25, 0.3) is 22.0 Å². The number of nitrogens with zero attached hydrogens (tertiary/aromatic N) is 2. The highest BCUT2D eigenvalue weighted by atomic mass is 16.5. The van der Waals surface area contributed by atoms with E-state index in [2.05, 4.69) is 10.1 Å². The molecule has 6 heteroatoms. The summed E-state index contributed by atoms with van der Waals surface area (Å²) in [5.41, 5.74) is 3.45.